The number of hydrogen-bond donors (Lipinski definition) is 2. The normalized spacial score (nSPS) is 14.8. The molecule has 1 aromatic carbocycles. The lowest BCUT2D eigenvalue weighted by molar-refractivity contribution is 0.0341. The first-order valence-electron chi connectivity index (χ1n) is 11.0. The third kappa shape index (κ3) is 7.43. The van der Waals surface area contributed by atoms with E-state index in [0.29, 0.717) is 13.2 Å². The average Bonchev–Trinajstić information content (AvgIpc) is 3.06. The predicted molar refractivity (Wildman–Crippen MR) is 139 cm³/mol. The fourth-order valence-corrected chi connectivity index (χ4v) is 3.84. The maximum Gasteiger partial charge on any atom is 0.191 e. The summed E-state index contributed by atoms with van der Waals surface area (Å²) in [6.07, 6.45) is 0. The Labute approximate surface area is 208 Å². The number of morpholine rings is 1. The molecule has 3 rings (SSSR count). The second-order valence-corrected chi connectivity index (χ2v) is 7.80. The minimum absolute atomic E-state index is 0. The molecule has 8 nitrogen and oxygen atoms in total. The maximum atomic E-state index is 5.47. The highest BCUT2D eigenvalue weighted by molar-refractivity contribution is 14.0. The Morgan fingerprint density at radius 2 is 1.81 bits per heavy atom. The van der Waals surface area contributed by atoms with Crippen molar-refractivity contribution in [2.75, 3.05) is 47.1 Å². The van der Waals surface area contributed by atoms with Crippen molar-refractivity contribution in [1.29, 1.82) is 0 Å². The standard InChI is InChI=1S/C23H36N6O2.HI/c1-18-22(19(2)29(27-18)11-12-30-4)16-26-23(24-3)25-15-20-7-5-6-8-21(20)17-28-9-13-31-14-10-28;/h5-8H,9-17H2,1-4H3,(H2,24,25,26);1H. The number of aryl methyl sites for hydroxylation is 1. The first-order valence-corrected chi connectivity index (χ1v) is 11.0. The van der Waals surface area contributed by atoms with Gasteiger partial charge in [0.2, 0.25) is 0 Å². The van der Waals surface area contributed by atoms with E-state index >= 15 is 0 Å². The lowest BCUT2D eigenvalue weighted by Crippen LogP contribution is -2.37. The molecule has 0 atom stereocenters. The van der Waals surface area contributed by atoms with Gasteiger partial charge in [0.1, 0.15) is 0 Å². The summed E-state index contributed by atoms with van der Waals surface area (Å²) in [5, 5.41) is 11.5. The molecule has 0 spiro atoms. The van der Waals surface area contributed by atoms with Gasteiger partial charge in [-0.1, -0.05) is 24.3 Å². The molecule has 2 aromatic rings. The Kier molecular flexibility index (Phi) is 11.4. The van der Waals surface area contributed by atoms with Crippen LogP contribution < -0.4 is 10.6 Å². The van der Waals surface area contributed by atoms with Crippen LogP contribution >= 0.6 is 24.0 Å². The van der Waals surface area contributed by atoms with E-state index in [4.69, 9.17) is 9.47 Å². The zero-order valence-electron chi connectivity index (χ0n) is 19.7. The van der Waals surface area contributed by atoms with Crippen LogP contribution in [0.15, 0.2) is 29.3 Å². The lowest BCUT2D eigenvalue weighted by Gasteiger charge is -2.27. The van der Waals surface area contributed by atoms with Gasteiger partial charge in [0, 0.05) is 58.1 Å². The van der Waals surface area contributed by atoms with Gasteiger partial charge < -0.3 is 20.1 Å². The van der Waals surface area contributed by atoms with E-state index in [1.807, 2.05) is 11.6 Å². The number of benzene rings is 1. The molecule has 0 radical (unpaired) electrons. The van der Waals surface area contributed by atoms with Crippen LogP contribution in [-0.4, -0.2) is 67.7 Å². The van der Waals surface area contributed by atoms with E-state index in [0.717, 1.165) is 63.3 Å². The minimum atomic E-state index is 0. The van der Waals surface area contributed by atoms with Crippen LogP contribution in [0, 0.1) is 13.8 Å². The highest BCUT2D eigenvalue weighted by Crippen LogP contribution is 2.14. The summed E-state index contributed by atoms with van der Waals surface area (Å²) < 4.78 is 12.7. The Balaban J connectivity index is 0.00000363. The molecule has 0 amide bonds. The van der Waals surface area contributed by atoms with Crippen LogP contribution in [0.1, 0.15) is 28.1 Å². The van der Waals surface area contributed by atoms with Crippen LogP contribution in [0.2, 0.25) is 0 Å². The number of guanidine groups is 1. The van der Waals surface area contributed by atoms with Crippen LogP contribution in [0.3, 0.4) is 0 Å². The highest BCUT2D eigenvalue weighted by atomic mass is 127. The van der Waals surface area contributed by atoms with Crippen molar-refractivity contribution < 1.29 is 9.47 Å². The van der Waals surface area contributed by atoms with Crippen LogP contribution in [0.5, 0.6) is 0 Å². The van der Waals surface area contributed by atoms with E-state index < -0.39 is 0 Å². The van der Waals surface area contributed by atoms with Gasteiger partial charge in [-0.15, -0.1) is 24.0 Å². The number of methoxy groups -OCH3 is 1. The van der Waals surface area contributed by atoms with Crippen molar-refractivity contribution in [2.45, 2.75) is 40.0 Å². The van der Waals surface area contributed by atoms with Crippen LogP contribution in [-0.2, 0) is 35.7 Å². The van der Waals surface area contributed by atoms with E-state index in [1.165, 1.54) is 16.7 Å². The van der Waals surface area contributed by atoms with Crippen molar-refractivity contribution in [2.24, 2.45) is 4.99 Å². The average molecular weight is 556 g/mol. The van der Waals surface area contributed by atoms with Gasteiger partial charge in [-0.2, -0.15) is 5.10 Å². The molecule has 1 aliphatic rings. The molecule has 32 heavy (non-hydrogen) atoms. The molecular formula is C23H37IN6O2. The molecule has 1 fully saturated rings. The molecule has 1 aliphatic heterocycles. The minimum Gasteiger partial charge on any atom is -0.383 e. The summed E-state index contributed by atoms with van der Waals surface area (Å²) in [5.74, 6) is 0.782. The number of nitrogens with one attached hydrogen (secondary N) is 2. The summed E-state index contributed by atoms with van der Waals surface area (Å²) in [7, 11) is 3.51. The van der Waals surface area contributed by atoms with Crippen molar-refractivity contribution >= 4 is 29.9 Å². The third-order valence-corrected chi connectivity index (χ3v) is 5.76. The van der Waals surface area contributed by atoms with Crippen molar-refractivity contribution in [3.05, 3.63) is 52.3 Å². The number of aliphatic imine (C=N–C) groups is 1. The number of hydrogen-bond acceptors (Lipinski definition) is 5. The van der Waals surface area contributed by atoms with Crippen LogP contribution in [0.4, 0.5) is 0 Å². The SMILES string of the molecule is CN=C(NCc1ccccc1CN1CCOCC1)NCc1c(C)nn(CCOC)c1C.I. The van der Waals surface area contributed by atoms with Gasteiger partial charge in [-0.05, 0) is 25.0 Å². The summed E-state index contributed by atoms with van der Waals surface area (Å²) in [6.45, 7) is 11.5. The molecule has 0 unspecified atom stereocenters. The molecule has 0 aliphatic carbocycles. The topological polar surface area (TPSA) is 75.9 Å². The predicted octanol–water partition coefficient (Wildman–Crippen LogP) is 2.46. The summed E-state index contributed by atoms with van der Waals surface area (Å²) in [4.78, 5) is 6.85. The first kappa shape index (κ1) is 26.6. The van der Waals surface area contributed by atoms with E-state index in [2.05, 4.69) is 56.8 Å². The fraction of sp³-hybridized carbons (Fsp3) is 0.565. The van der Waals surface area contributed by atoms with Crippen LogP contribution in [0.25, 0.3) is 0 Å². The Bertz CT molecular complexity index is 864. The Morgan fingerprint density at radius 1 is 1.12 bits per heavy atom. The first-order chi connectivity index (χ1) is 15.1. The van der Waals surface area contributed by atoms with Gasteiger partial charge in [-0.3, -0.25) is 14.6 Å². The zero-order valence-corrected chi connectivity index (χ0v) is 22.0. The van der Waals surface area contributed by atoms with Crippen molar-refractivity contribution in [1.82, 2.24) is 25.3 Å². The number of halogens is 1. The fourth-order valence-electron chi connectivity index (χ4n) is 3.84. The molecule has 178 valence electrons. The number of rotatable bonds is 9. The molecule has 1 aromatic heterocycles. The molecule has 2 heterocycles. The Hall–Kier alpha value is -1.69. The zero-order chi connectivity index (χ0) is 22.1. The van der Waals surface area contributed by atoms with Gasteiger partial charge in [0.25, 0.3) is 0 Å². The quantitative estimate of drug-likeness (QED) is 0.281. The molecular weight excluding hydrogens is 519 g/mol. The van der Waals surface area contributed by atoms with Gasteiger partial charge >= 0.3 is 0 Å². The number of ether oxygens (including phenoxy) is 2. The molecule has 9 heteroatoms. The molecule has 0 saturated carbocycles. The maximum absolute atomic E-state index is 5.47. The Morgan fingerprint density at radius 3 is 2.50 bits per heavy atom. The van der Waals surface area contributed by atoms with E-state index in [9.17, 15) is 0 Å². The van der Waals surface area contributed by atoms with Gasteiger partial charge in [0.05, 0.1) is 32.1 Å². The highest BCUT2D eigenvalue weighted by Gasteiger charge is 2.14. The monoisotopic (exact) mass is 556 g/mol. The van der Waals surface area contributed by atoms with Crippen molar-refractivity contribution in [3.8, 4) is 0 Å². The largest absolute Gasteiger partial charge is 0.383 e. The molecule has 1 saturated heterocycles. The summed E-state index contributed by atoms with van der Waals surface area (Å²) in [6, 6.07) is 8.60. The van der Waals surface area contributed by atoms with Gasteiger partial charge in [0.15, 0.2) is 5.96 Å². The number of aromatic nitrogens is 2. The smallest absolute Gasteiger partial charge is 0.191 e. The third-order valence-electron chi connectivity index (χ3n) is 5.76. The second kappa shape index (κ2) is 13.8. The van der Waals surface area contributed by atoms with Gasteiger partial charge in [-0.25, -0.2) is 0 Å². The molecule has 0 bridgehead atoms. The van der Waals surface area contributed by atoms with E-state index in [1.54, 1.807) is 14.2 Å². The molecule has 2 N–H and O–H groups in total. The number of nitrogens with zero attached hydrogens (tertiary/aromatic N) is 4. The van der Waals surface area contributed by atoms with E-state index in [-0.39, 0.29) is 24.0 Å². The van der Waals surface area contributed by atoms with Crippen molar-refractivity contribution in [3.63, 3.8) is 0 Å². The lowest BCUT2D eigenvalue weighted by atomic mass is 10.1. The summed E-state index contributed by atoms with van der Waals surface area (Å²) >= 11 is 0. The summed E-state index contributed by atoms with van der Waals surface area (Å²) in [5.41, 5.74) is 6.03. The second-order valence-electron chi connectivity index (χ2n) is 7.80.